The highest BCUT2D eigenvalue weighted by Gasteiger charge is 2.11. The van der Waals surface area contributed by atoms with Crippen LogP contribution in [-0.4, -0.2) is 25.2 Å². The van der Waals surface area contributed by atoms with E-state index in [9.17, 15) is 4.79 Å². The predicted molar refractivity (Wildman–Crippen MR) is 77.5 cm³/mol. The smallest absolute Gasteiger partial charge is 0.225 e. The van der Waals surface area contributed by atoms with Crippen molar-refractivity contribution in [2.45, 2.75) is 40.2 Å². The van der Waals surface area contributed by atoms with Crippen molar-refractivity contribution < 1.29 is 4.79 Å². The number of aromatic nitrogens is 4. The summed E-state index contributed by atoms with van der Waals surface area (Å²) in [5, 5.41) is 7.22. The Morgan fingerprint density at radius 1 is 1.35 bits per heavy atom. The highest BCUT2D eigenvalue weighted by Crippen LogP contribution is 2.17. The standard InChI is InChI=1S/C14H21N5O/c1-10-11(2)17-18(4)14(10)16-13(20)6-5-8-19-9-7-15-12(19)3/h7,9H,5-6,8H2,1-4H3,(H,16,20). The SMILES string of the molecule is Cc1nn(C)c(NC(=O)CCCn2ccnc2C)c1C. The second-order valence-electron chi connectivity index (χ2n) is 5.00. The van der Waals surface area contributed by atoms with E-state index >= 15 is 0 Å². The summed E-state index contributed by atoms with van der Waals surface area (Å²) in [6.07, 6.45) is 4.99. The molecule has 0 aliphatic carbocycles. The van der Waals surface area contributed by atoms with Gasteiger partial charge in [0.1, 0.15) is 11.6 Å². The summed E-state index contributed by atoms with van der Waals surface area (Å²) >= 11 is 0. The third-order valence-corrected chi connectivity index (χ3v) is 3.51. The minimum Gasteiger partial charge on any atom is -0.335 e. The monoisotopic (exact) mass is 275 g/mol. The number of nitrogens with zero attached hydrogens (tertiary/aromatic N) is 4. The quantitative estimate of drug-likeness (QED) is 0.907. The summed E-state index contributed by atoms with van der Waals surface area (Å²) in [5.41, 5.74) is 1.96. The zero-order chi connectivity index (χ0) is 14.7. The van der Waals surface area contributed by atoms with E-state index in [1.165, 1.54) is 0 Å². The fourth-order valence-corrected chi connectivity index (χ4v) is 2.18. The number of rotatable bonds is 5. The van der Waals surface area contributed by atoms with Crippen LogP contribution in [0.25, 0.3) is 0 Å². The van der Waals surface area contributed by atoms with Crippen LogP contribution in [0.2, 0.25) is 0 Å². The Bertz CT molecular complexity index is 611. The van der Waals surface area contributed by atoms with Gasteiger partial charge in [0, 0.05) is 38.0 Å². The number of amides is 1. The van der Waals surface area contributed by atoms with Crippen LogP contribution in [0.15, 0.2) is 12.4 Å². The molecule has 108 valence electrons. The van der Waals surface area contributed by atoms with E-state index in [4.69, 9.17) is 0 Å². The van der Waals surface area contributed by atoms with E-state index in [-0.39, 0.29) is 5.91 Å². The van der Waals surface area contributed by atoms with E-state index in [1.807, 2.05) is 38.6 Å². The number of aryl methyl sites for hydroxylation is 4. The van der Waals surface area contributed by atoms with Gasteiger partial charge in [-0.25, -0.2) is 4.98 Å². The molecule has 6 heteroatoms. The first-order chi connectivity index (χ1) is 9.49. The molecule has 1 N–H and O–H groups in total. The van der Waals surface area contributed by atoms with Crippen molar-refractivity contribution in [2.75, 3.05) is 5.32 Å². The average molecular weight is 275 g/mol. The van der Waals surface area contributed by atoms with Gasteiger partial charge in [0.2, 0.25) is 5.91 Å². The van der Waals surface area contributed by atoms with Crippen molar-refractivity contribution in [1.29, 1.82) is 0 Å². The Balaban J connectivity index is 1.85. The Morgan fingerprint density at radius 3 is 2.65 bits per heavy atom. The highest BCUT2D eigenvalue weighted by molar-refractivity contribution is 5.90. The number of imidazole rings is 1. The molecule has 0 aliphatic heterocycles. The van der Waals surface area contributed by atoms with E-state index in [1.54, 1.807) is 10.9 Å². The molecule has 0 bridgehead atoms. The van der Waals surface area contributed by atoms with Crippen LogP contribution in [0, 0.1) is 20.8 Å². The van der Waals surface area contributed by atoms with Gasteiger partial charge >= 0.3 is 0 Å². The molecule has 2 heterocycles. The van der Waals surface area contributed by atoms with Crippen molar-refractivity contribution in [3.05, 3.63) is 29.5 Å². The fraction of sp³-hybridized carbons (Fsp3) is 0.500. The molecule has 2 aromatic rings. The molecule has 0 spiro atoms. The van der Waals surface area contributed by atoms with Crippen molar-refractivity contribution in [3.8, 4) is 0 Å². The molecule has 0 fully saturated rings. The largest absolute Gasteiger partial charge is 0.335 e. The van der Waals surface area contributed by atoms with Gasteiger partial charge in [-0.15, -0.1) is 0 Å². The normalized spacial score (nSPS) is 10.8. The summed E-state index contributed by atoms with van der Waals surface area (Å²) in [6.45, 7) is 6.67. The zero-order valence-corrected chi connectivity index (χ0v) is 12.5. The van der Waals surface area contributed by atoms with Crippen molar-refractivity contribution >= 4 is 11.7 Å². The molecule has 0 unspecified atom stereocenters. The van der Waals surface area contributed by atoms with Crippen LogP contribution >= 0.6 is 0 Å². The van der Waals surface area contributed by atoms with E-state index in [2.05, 4.69) is 15.4 Å². The van der Waals surface area contributed by atoms with E-state index in [0.29, 0.717) is 6.42 Å². The molecule has 20 heavy (non-hydrogen) atoms. The summed E-state index contributed by atoms with van der Waals surface area (Å²) in [5.74, 6) is 1.78. The van der Waals surface area contributed by atoms with Crippen LogP contribution in [-0.2, 0) is 18.4 Å². The Morgan fingerprint density at radius 2 is 2.10 bits per heavy atom. The van der Waals surface area contributed by atoms with Gasteiger partial charge in [-0.05, 0) is 27.2 Å². The van der Waals surface area contributed by atoms with Gasteiger partial charge in [-0.2, -0.15) is 5.10 Å². The third kappa shape index (κ3) is 3.07. The molecular formula is C14H21N5O. The first-order valence-electron chi connectivity index (χ1n) is 6.77. The molecule has 2 rings (SSSR count). The van der Waals surface area contributed by atoms with Crippen LogP contribution < -0.4 is 5.32 Å². The molecule has 0 aromatic carbocycles. The number of carbonyl (C=O) groups excluding carboxylic acids is 1. The molecule has 1 amide bonds. The predicted octanol–water partition coefficient (Wildman–Crippen LogP) is 1.96. The average Bonchev–Trinajstić information content (AvgIpc) is 2.89. The second kappa shape index (κ2) is 5.90. The number of nitrogens with one attached hydrogen (secondary N) is 1. The molecule has 0 radical (unpaired) electrons. The second-order valence-corrected chi connectivity index (χ2v) is 5.00. The minimum atomic E-state index is 0.0221. The van der Waals surface area contributed by atoms with Gasteiger partial charge in [0.05, 0.1) is 5.69 Å². The molecule has 6 nitrogen and oxygen atoms in total. The Hall–Kier alpha value is -2.11. The Labute approximate surface area is 118 Å². The summed E-state index contributed by atoms with van der Waals surface area (Å²) in [4.78, 5) is 16.1. The number of hydrogen-bond donors (Lipinski definition) is 1. The van der Waals surface area contributed by atoms with Gasteiger partial charge in [-0.3, -0.25) is 9.48 Å². The van der Waals surface area contributed by atoms with Gasteiger partial charge in [0.15, 0.2) is 0 Å². The maximum Gasteiger partial charge on any atom is 0.225 e. The lowest BCUT2D eigenvalue weighted by Gasteiger charge is -2.08. The number of hydrogen-bond acceptors (Lipinski definition) is 3. The lowest BCUT2D eigenvalue weighted by Crippen LogP contribution is -2.15. The number of carbonyl (C=O) groups is 1. The minimum absolute atomic E-state index is 0.0221. The van der Waals surface area contributed by atoms with Crippen LogP contribution in [0.5, 0.6) is 0 Å². The Kier molecular flexibility index (Phi) is 4.22. The van der Waals surface area contributed by atoms with Gasteiger partial charge in [0.25, 0.3) is 0 Å². The lowest BCUT2D eigenvalue weighted by atomic mass is 10.2. The van der Waals surface area contributed by atoms with Crippen LogP contribution in [0.4, 0.5) is 5.82 Å². The lowest BCUT2D eigenvalue weighted by molar-refractivity contribution is -0.116. The fourth-order valence-electron chi connectivity index (χ4n) is 2.18. The van der Waals surface area contributed by atoms with Crippen molar-refractivity contribution in [2.24, 2.45) is 7.05 Å². The van der Waals surface area contributed by atoms with Crippen LogP contribution in [0.3, 0.4) is 0 Å². The molecule has 2 aromatic heterocycles. The van der Waals surface area contributed by atoms with Crippen LogP contribution in [0.1, 0.15) is 29.9 Å². The first-order valence-corrected chi connectivity index (χ1v) is 6.77. The maximum atomic E-state index is 12.0. The van der Waals surface area contributed by atoms with Crippen molar-refractivity contribution in [3.63, 3.8) is 0 Å². The topological polar surface area (TPSA) is 64.7 Å². The highest BCUT2D eigenvalue weighted by atomic mass is 16.1. The molecule has 0 aliphatic rings. The maximum absolute atomic E-state index is 12.0. The molecule has 0 saturated carbocycles. The first kappa shape index (κ1) is 14.3. The van der Waals surface area contributed by atoms with Crippen molar-refractivity contribution in [1.82, 2.24) is 19.3 Å². The summed E-state index contributed by atoms with van der Waals surface area (Å²) in [6, 6.07) is 0. The van der Waals surface area contributed by atoms with E-state index in [0.717, 1.165) is 35.9 Å². The summed E-state index contributed by atoms with van der Waals surface area (Å²) in [7, 11) is 1.84. The molecular weight excluding hydrogens is 254 g/mol. The summed E-state index contributed by atoms with van der Waals surface area (Å²) < 4.78 is 3.76. The third-order valence-electron chi connectivity index (χ3n) is 3.51. The number of anilines is 1. The molecule has 0 atom stereocenters. The van der Waals surface area contributed by atoms with Gasteiger partial charge < -0.3 is 9.88 Å². The zero-order valence-electron chi connectivity index (χ0n) is 12.5. The van der Waals surface area contributed by atoms with E-state index < -0.39 is 0 Å². The van der Waals surface area contributed by atoms with Gasteiger partial charge in [-0.1, -0.05) is 0 Å². The molecule has 0 saturated heterocycles.